The minimum Gasteiger partial charge on any atom is -0.388 e. The van der Waals surface area contributed by atoms with Gasteiger partial charge in [-0.3, -0.25) is 10.1 Å². The Labute approximate surface area is 109 Å². The maximum Gasteiger partial charge on any atom is 0.272 e. The lowest BCUT2D eigenvalue weighted by Crippen LogP contribution is -2.04. The number of hydrogen-bond acceptors (Lipinski definition) is 4. The van der Waals surface area contributed by atoms with E-state index >= 15 is 0 Å². The molecule has 1 N–H and O–H groups in total. The summed E-state index contributed by atoms with van der Waals surface area (Å²) in [4.78, 5) is 10.5. The fourth-order valence-electron chi connectivity index (χ4n) is 1.89. The number of nitrogens with zero attached hydrogens (tertiary/aromatic N) is 1. The van der Waals surface area contributed by atoms with Gasteiger partial charge < -0.3 is 5.11 Å². The molecule has 18 heavy (non-hydrogen) atoms. The zero-order valence-corrected chi connectivity index (χ0v) is 10.7. The average molecular weight is 263 g/mol. The van der Waals surface area contributed by atoms with Gasteiger partial charge in [0.2, 0.25) is 0 Å². The summed E-state index contributed by atoms with van der Waals surface area (Å²) in [5.74, 6) is 0. The van der Waals surface area contributed by atoms with Gasteiger partial charge in [-0.15, -0.1) is 0 Å². The highest BCUT2D eigenvalue weighted by atomic mass is 32.1. The van der Waals surface area contributed by atoms with Gasteiger partial charge in [-0.05, 0) is 28.8 Å². The molecule has 0 aliphatic heterocycles. The number of hydrogen-bond donors (Lipinski definition) is 1. The number of benzene rings is 1. The summed E-state index contributed by atoms with van der Waals surface area (Å²) in [6, 6.07) is 6.52. The van der Waals surface area contributed by atoms with E-state index in [-0.39, 0.29) is 12.1 Å². The molecule has 94 valence electrons. The average Bonchev–Trinajstić information content (AvgIpc) is 2.76. The summed E-state index contributed by atoms with van der Waals surface area (Å²) in [7, 11) is 0. The van der Waals surface area contributed by atoms with Gasteiger partial charge in [-0.2, -0.15) is 11.3 Å². The molecule has 0 saturated heterocycles. The molecule has 0 bridgehead atoms. The molecule has 0 aliphatic carbocycles. The van der Waals surface area contributed by atoms with Crippen LogP contribution in [-0.4, -0.2) is 10.0 Å². The molecule has 5 heteroatoms. The van der Waals surface area contributed by atoms with Crippen LogP contribution in [0.1, 0.15) is 22.8 Å². The van der Waals surface area contributed by atoms with E-state index in [1.54, 1.807) is 18.2 Å². The fourth-order valence-corrected chi connectivity index (χ4v) is 2.79. The van der Waals surface area contributed by atoms with Gasteiger partial charge in [0.05, 0.1) is 11.0 Å². The van der Waals surface area contributed by atoms with Crippen LogP contribution in [0.5, 0.6) is 0 Å². The molecular weight excluding hydrogens is 250 g/mol. The van der Waals surface area contributed by atoms with Crippen molar-refractivity contribution < 1.29 is 10.0 Å². The van der Waals surface area contributed by atoms with Crippen LogP contribution in [0.25, 0.3) is 0 Å². The monoisotopic (exact) mass is 263 g/mol. The first-order valence-electron chi connectivity index (χ1n) is 5.52. The van der Waals surface area contributed by atoms with Crippen molar-refractivity contribution in [3.63, 3.8) is 0 Å². The van der Waals surface area contributed by atoms with E-state index < -0.39 is 11.0 Å². The molecule has 1 atom stereocenters. The number of nitro groups is 1. The van der Waals surface area contributed by atoms with Gasteiger partial charge in [0.25, 0.3) is 5.69 Å². The van der Waals surface area contributed by atoms with Crippen LogP contribution < -0.4 is 0 Å². The van der Waals surface area contributed by atoms with Crippen LogP contribution >= 0.6 is 11.3 Å². The van der Waals surface area contributed by atoms with Crippen molar-refractivity contribution in [2.24, 2.45) is 0 Å². The largest absolute Gasteiger partial charge is 0.388 e. The Kier molecular flexibility index (Phi) is 3.74. The van der Waals surface area contributed by atoms with Gasteiger partial charge in [0.1, 0.15) is 0 Å². The highest BCUT2D eigenvalue weighted by Gasteiger charge is 2.18. The predicted molar refractivity (Wildman–Crippen MR) is 70.8 cm³/mol. The zero-order valence-electron chi connectivity index (χ0n) is 9.87. The molecular formula is C13H13NO3S. The maximum atomic E-state index is 10.9. The van der Waals surface area contributed by atoms with Crippen LogP contribution in [0.15, 0.2) is 35.0 Å². The van der Waals surface area contributed by atoms with Crippen molar-refractivity contribution >= 4 is 17.0 Å². The third kappa shape index (κ3) is 2.57. The zero-order chi connectivity index (χ0) is 13.1. The molecule has 0 aliphatic rings. The lowest BCUT2D eigenvalue weighted by atomic mass is 10.0. The SMILES string of the molecule is Cc1cscc1C(O)Cc1ccccc1[N+](=O)[O-]. The summed E-state index contributed by atoms with van der Waals surface area (Å²) in [5.41, 5.74) is 2.48. The first-order chi connectivity index (χ1) is 8.59. The lowest BCUT2D eigenvalue weighted by Gasteiger charge is -2.10. The van der Waals surface area contributed by atoms with Crippen LogP contribution in [-0.2, 0) is 6.42 Å². The Balaban J connectivity index is 2.25. The number of thiophene rings is 1. The smallest absolute Gasteiger partial charge is 0.272 e. The van der Waals surface area contributed by atoms with E-state index in [4.69, 9.17) is 0 Å². The molecule has 2 rings (SSSR count). The molecule has 2 aromatic rings. The van der Waals surface area contributed by atoms with Gasteiger partial charge in [-0.25, -0.2) is 0 Å². The molecule has 0 radical (unpaired) electrons. The predicted octanol–water partition coefficient (Wildman–Crippen LogP) is 3.24. The minimum absolute atomic E-state index is 0.0597. The van der Waals surface area contributed by atoms with Gasteiger partial charge in [0, 0.05) is 18.1 Å². The van der Waals surface area contributed by atoms with E-state index in [1.807, 2.05) is 17.7 Å². The molecule has 1 heterocycles. The summed E-state index contributed by atoms with van der Waals surface area (Å²) in [5, 5.41) is 24.9. The summed E-state index contributed by atoms with van der Waals surface area (Å²) in [6.07, 6.45) is -0.438. The van der Waals surface area contributed by atoms with E-state index in [1.165, 1.54) is 17.4 Å². The first kappa shape index (κ1) is 12.7. The van der Waals surface area contributed by atoms with E-state index in [9.17, 15) is 15.2 Å². The number of rotatable bonds is 4. The first-order valence-corrected chi connectivity index (χ1v) is 6.47. The van der Waals surface area contributed by atoms with Crippen molar-refractivity contribution in [1.82, 2.24) is 0 Å². The number of aliphatic hydroxyl groups is 1. The quantitative estimate of drug-likeness (QED) is 0.680. The van der Waals surface area contributed by atoms with Gasteiger partial charge >= 0.3 is 0 Å². The number of para-hydroxylation sites is 1. The summed E-state index contributed by atoms with van der Waals surface area (Å²) in [6.45, 7) is 1.93. The number of nitro benzene ring substituents is 1. The van der Waals surface area contributed by atoms with Crippen molar-refractivity contribution in [3.05, 3.63) is 61.8 Å². The number of aliphatic hydroxyl groups excluding tert-OH is 1. The Morgan fingerprint density at radius 1 is 1.39 bits per heavy atom. The molecule has 1 aromatic carbocycles. The molecule has 1 aromatic heterocycles. The highest BCUT2D eigenvalue weighted by Crippen LogP contribution is 2.28. The fraction of sp³-hybridized carbons (Fsp3) is 0.231. The van der Waals surface area contributed by atoms with Crippen molar-refractivity contribution in [1.29, 1.82) is 0 Å². The third-order valence-corrected chi connectivity index (χ3v) is 3.74. The Bertz CT molecular complexity index is 565. The van der Waals surface area contributed by atoms with Crippen LogP contribution in [0.2, 0.25) is 0 Å². The second-order valence-corrected chi connectivity index (χ2v) is 4.86. The van der Waals surface area contributed by atoms with Crippen molar-refractivity contribution in [2.75, 3.05) is 0 Å². The van der Waals surface area contributed by atoms with E-state index in [0.717, 1.165) is 11.1 Å². The Morgan fingerprint density at radius 2 is 2.11 bits per heavy atom. The Morgan fingerprint density at radius 3 is 2.72 bits per heavy atom. The van der Waals surface area contributed by atoms with Crippen LogP contribution in [0, 0.1) is 17.0 Å². The van der Waals surface area contributed by atoms with Crippen molar-refractivity contribution in [3.8, 4) is 0 Å². The molecule has 0 fully saturated rings. The number of aryl methyl sites for hydroxylation is 1. The Hall–Kier alpha value is -1.72. The third-order valence-electron chi connectivity index (χ3n) is 2.86. The second kappa shape index (κ2) is 5.29. The molecule has 0 amide bonds. The molecule has 1 unspecified atom stereocenters. The van der Waals surface area contributed by atoms with Crippen LogP contribution in [0.3, 0.4) is 0 Å². The topological polar surface area (TPSA) is 63.4 Å². The van der Waals surface area contributed by atoms with Gasteiger partial charge in [-0.1, -0.05) is 18.2 Å². The van der Waals surface area contributed by atoms with E-state index in [2.05, 4.69) is 0 Å². The maximum absolute atomic E-state index is 10.9. The summed E-state index contributed by atoms with van der Waals surface area (Å²) < 4.78 is 0. The van der Waals surface area contributed by atoms with Crippen molar-refractivity contribution in [2.45, 2.75) is 19.4 Å². The molecule has 4 nitrogen and oxygen atoms in total. The lowest BCUT2D eigenvalue weighted by molar-refractivity contribution is -0.385. The standard InChI is InChI=1S/C13H13NO3S/c1-9-7-18-8-11(9)13(15)6-10-4-2-3-5-12(10)14(16)17/h2-5,7-8,13,15H,6H2,1H3. The van der Waals surface area contributed by atoms with Crippen LogP contribution in [0.4, 0.5) is 5.69 Å². The molecule has 0 saturated carbocycles. The van der Waals surface area contributed by atoms with Gasteiger partial charge in [0.15, 0.2) is 0 Å². The van der Waals surface area contributed by atoms with E-state index in [0.29, 0.717) is 5.56 Å². The minimum atomic E-state index is -0.697. The normalized spacial score (nSPS) is 12.3. The second-order valence-electron chi connectivity index (χ2n) is 4.12. The summed E-state index contributed by atoms with van der Waals surface area (Å²) >= 11 is 1.52. The highest BCUT2D eigenvalue weighted by molar-refractivity contribution is 7.08. The molecule has 0 spiro atoms.